The maximum atomic E-state index is 10.2. The Morgan fingerprint density at radius 1 is 1.86 bits per heavy atom. The molecule has 1 aliphatic rings. The van der Waals surface area contributed by atoms with Crippen molar-refractivity contribution in [1.82, 2.24) is 0 Å². The normalized spacial score (nSPS) is 15.7. The number of carbonyl (C=O) groups is 1. The van der Waals surface area contributed by atoms with Crippen LogP contribution in [0.15, 0.2) is 16.8 Å². The van der Waals surface area contributed by atoms with E-state index in [2.05, 4.69) is 16.6 Å². The van der Waals surface area contributed by atoms with Gasteiger partial charge in [-0.1, -0.05) is 0 Å². The van der Waals surface area contributed by atoms with Crippen molar-refractivity contribution in [3.8, 4) is 0 Å². The van der Waals surface area contributed by atoms with Gasteiger partial charge < -0.3 is 0 Å². The van der Waals surface area contributed by atoms with Crippen molar-refractivity contribution in [2.75, 3.05) is 6.54 Å². The van der Waals surface area contributed by atoms with Gasteiger partial charge in [-0.25, -0.2) is 4.99 Å². The molecule has 0 aromatic carbocycles. The van der Waals surface area contributed by atoms with Crippen molar-refractivity contribution >= 4 is 11.7 Å². The standard InChI is InChI=1S/C5H3NO/c7-5-2-1-3-6-4-5/h2H,4H2. The van der Waals surface area contributed by atoms with Crippen molar-refractivity contribution in [1.29, 1.82) is 0 Å². The Bertz CT molecular complexity index is 180. The third-order valence-electron chi connectivity index (χ3n) is 0.612. The van der Waals surface area contributed by atoms with Crippen molar-refractivity contribution in [2.24, 2.45) is 4.99 Å². The Labute approximate surface area is 40.9 Å². The Kier molecular flexibility index (Phi) is 0.910. The summed E-state index contributed by atoms with van der Waals surface area (Å²) in [6, 6.07) is 0. The van der Waals surface area contributed by atoms with Crippen LogP contribution < -0.4 is 0 Å². The summed E-state index contributed by atoms with van der Waals surface area (Å²) in [5, 5.41) is 0. The van der Waals surface area contributed by atoms with Crippen LogP contribution in [0.4, 0.5) is 0 Å². The third kappa shape index (κ3) is 0.866. The van der Waals surface area contributed by atoms with Crippen LogP contribution in [-0.4, -0.2) is 18.2 Å². The van der Waals surface area contributed by atoms with Crippen LogP contribution in [0, 0.1) is 0 Å². The largest absolute Gasteiger partial charge is 0.292 e. The van der Waals surface area contributed by atoms with Crippen LogP contribution in [-0.2, 0) is 4.79 Å². The summed E-state index contributed by atoms with van der Waals surface area (Å²) >= 11 is 0. The molecular formula is C5H3NO. The van der Waals surface area contributed by atoms with Crippen molar-refractivity contribution in [3.05, 3.63) is 11.8 Å². The monoisotopic (exact) mass is 93.0 g/mol. The minimum Gasteiger partial charge on any atom is -0.292 e. The van der Waals surface area contributed by atoms with Gasteiger partial charge in [-0.2, -0.15) is 0 Å². The lowest BCUT2D eigenvalue weighted by molar-refractivity contribution is -0.113. The van der Waals surface area contributed by atoms with Crippen LogP contribution in [0.3, 0.4) is 0 Å². The Balaban J connectivity index is 2.99. The molecule has 0 unspecified atom stereocenters. The molecule has 7 heavy (non-hydrogen) atoms. The molecule has 2 heteroatoms. The average Bonchev–Trinajstić information content (AvgIpc) is 1.69. The maximum Gasteiger partial charge on any atom is 0.186 e. The molecule has 1 rings (SSSR count). The fraction of sp³-hybridized carbons (Fsp3) is 0.200. The van der Waals surface area contributed by atoms with Gasteiger partial charge in [0.1, 0.15) is 6.54 Å². The Hall–Kier alpha value is -1.10. The first-order valence-electron chi connectivity index (χ1n) is 1.92. The zero-order chi connectivity index (χ0) is 5.11. The van der Waals surface area contributed by atoms with E-state index in [-0.39, 0.29) is 12.3 Å². The molecule has 34 valence electrons. The highest BCUT2D eigenvalue weighted by molar-refractivity contribution is 5.94. The van der Waals surface area contributed by atoms with E-state index in [0.717, 1.165) is 0 Å². The van der Waals surface area contributed by atoms with Crippen molar-refractivity contribution in [2.45, 2.75) is 0 Å². The van der Waals surface area contributed by atoms with E-state index in [0.29, 0.717) is 0 Å². The summed E-state index contributed by atoms with van der Waals surface area (Å²) in [7, 11) is 0. The summed E-state index contributed by atoms with van der Waals surface area (Å²) in [4.78, 5) is 13.7. The van der Waals surface area contributed by atoms with E-state index in [1.54, 1.807) is 0 Å². The fourth-order valence-corrected chi connectivity index (χ4v) is 0.322. The highest BCUT2D eigenvalue weighted by Gasteiger charge is 1.91. The lowest BCUT2D eigenvalue weighted by Crippen LogP contribution is -1.97. The van der Waals surface area contributed by atoms with Gasteiger partial charge in [-0.3, -0.25) is 4.79 Å². The second-order valence-corrected chi connectivity index (χ2v) is 1.18. The van der Waals surface area contributed by atoms with Gasteiger partial charge in [-0.05, 0) is 5.73 Å². The molecule has 0 atom stereocenters. The molecular weight excluding hydrogens is 90.1 g/mol. The van der Waals surface area contributed by atoms with Crippen LogP contribution in [0.1, 0.15) is 0 Å². The van der Waals surface area contributed by atoms with Gasteiger partial charge >= 0.3 is 0 Å². The predicted octanol–water partition coefficient (Wildman–Crippen LogP) is -0.0499. The van der Waals surface area contributed by atoms with Gasteiger partial charge in [0.05, 0.1) is 0 Å². The molecule has 0 aromatic heterocycles. The molecule has 1 heterocycles. The van der Waals surface area contributed by atoms with Crippen LogP contribution >= 0.6 is 0 Å². The predicted molar refractivity (Wildman–Crippen MR) is 25.4 cm³/mol. The maximum absolute atomic E-state index is 10.2. The third-order valence-corrected chi connectivity index (χ3v) is 0.612. The number of carbonyl (C=O) groups excluding carboxylic acids is 1. The molecule has 0 aromatic rings. The molecule has 2 nitrogen and oxygen atoms in total. The second-order valence-electron chi connectivity index (χ2n) is 1.18. The van der Waals surface area contributed by atoms with Crippen LogP contribution in [0.2, 0.25) is 0 Å². The Morgan fingerprint density at radius 2 is 2.71 bits per heavy atom. The van der Waals surface area contributed by atoms with Crippen LogP contribution in [0.25, 0.3) is 0 Å². The van der Waals surface area contributed by atoms with E-state index >= 15 is 0 Å². The van der Waals surface area contributed by atoms with Crippen molar-refractivity contribution in [3.63, 3.8) is 0 Å². The van der Waals surface area contributed by atoms with E-state index in [1.807, 2.05) is 0 Å². The van der Waals surface area contributed by atoms with Gasteiger partial charge in [0.15, 0.2) is 5.78 Å². The molecule has 0 bridgehead atoms. The van der Waals surface area contributed by atoms with Crippen molar-refractivity contribution < 1.29 is 4.79 Å². The van der Waals surface area contributed by atoms with E-state index in [9.17, 15) is 4.79 Å². The highest BCUT2D eigenvalue weighted by Crippen LogP contribution is 1.77. The molecule has 0 spiro atoms. The van der Waals surface area contributed by atoms with Crippen LogP contribution in [0.5, 0.6) is 0 Å². The highest BCUT2D eigenvalue weighted by atomic mass is 16.1. The van der Waals surface area contributed by atoms with E-state index < -0.39 is 0 Å². The smallest absolute Gasteiger partial charge is 0.186 e. The summed E-state index contributed by atoms with van der Waals surface area (Å²) in [5.74, 6) is 2.41. The van der Waals surface area contributed by atoms with Gasteiger partial charge in [0.25, 0.3) is 0 Å². The molecule has 1 aliphatic heterocycles. The summed E-state index contributed by atoms with van der Waals surface area (Å²) < 4.78 is 0. The zero-order valence-electron chi connectivity index (χ0n) is 3.64. The number of hydrogen-bond donors (Lipinski definition) is 0. The second kappa shape index (κ2) is 1.57. The average molecular weight is 93.1 g/mol. The first-order chi connectivity index (χ1) is 3.39. The number of hydrogen-bond acceptors (Lipinski definition) is 2. The molecule has 0 aliphatic carbocycles. The quantitative estimate of drug-likeness (QED) is 0.386. The lowest BCUT2D eigenvalue weighted by atomic mass is 10.4. The first-order valence-corrected chi connectivity index (χ1v) is 1.92. The number of rotatable bonds is 0. The van der Waals surface area contributed by atoms with Gasteiger partial charge in [0.2, 0.25) is 0 Å². The first kappa shape index (κ1) is 4.07. The molecule has 0 N–H and O–H groups in total. The zero-order valence-corrected chi connectivity index (χ0v) is 3.64. The number of ketones is 1. The van der Waals surface area contributed by atoms with Gasteiger partial charge in [0, 0.05) is 11.9 Å². The fourth-order valence-electron chi connectivity index (χ4n) is 0.322. The lowest BCUT2D eigenvalue weighted by Gasteiger charge is -1.81. The minimum atomic E-state index is -0.00116. The number of aliphatic imine (C=N–C) groups is 1. The van der Waals surface area contributed by atoms with E-state index in [4.69, 9.17) is 0 Å². The van der Waals surface area contributed by atoms with E-state index in [1.165, 1.54) is 6.08 Å². The molecule has 0 saturated heterocycles. The Morgan fingerprint density at radius 3 is 3.00 bits per heavy atom. The number of nitrogens with zero attached hydrogens (tertiary/aromatic N) is 1. The molecule has 0 amide bonds. The summed E-state index contributed by atoms with van der Waals surface area (Å²) in [6.07, 6.45) is 1.34. The SMILES string of the molecule is O=C1C=C=C=NC1. The molecule has 0 radical (unpaired) electrons. The summed E-state index contributed by atoms with van der Waals surface area (Å²) in [6.45, 7) is 0.243. The topological polar surface area (TPSA) is 29.4 Å². The minimum absolute atomic E-state index is 0.00116. The molecule has 0 fully saturated rings. The summed E-state index contributed by atoms with van der Waals surface area (Å²) in [5.41, 5.74) is 2.44. The van der Waals surface area contributed by atoms with Gasteiger partial charge in [-0.15, -0.1) is 0 Å². The molecule has 0 saturated carbocycles.